The molecule has 4 aromatic rings. The number of aryl methyl sites for hydroxylation is 3. The Morgan fingerprint density at radius 2 is 1.93 bits per heavy atom. The molecule has 4 heterocycles. The van der Waals surface area contributed by atoms with Gasteiger partial charge in [0.2, 0.25) is 0 Å². The summed E-state index contributed by atoms with van der Waals surface area (Å²) in [5.41, 5.74) is 1.18. The lowest BCUT2D eigenvalue weighted by Crippen LogP contribution is -2.22. The van der Waals surface area contributed by atoms with Crippen molar-refractivity contribution in [1.82, 2.24) is 29.3 Å². The Morgan fingerprint density at radius 1 is 1.11 bits per heavy atom. The molecule has 0 saturated carbocycles. The molecular weight excluding hydrogens is 346 g/mol. The summed E-state index contributed by atoms with van der Waals surface area (Å²) in [6, 6.07) is 6.90. The van der Waals surface area contributed by atoms with Gasteiger partial charge in [0.1, 0.15) is 23.1 Å². The molecule has 0 atom stereocenters. The van der Waals surface area contributed by atoms with Crippen LogP contribution < -0.4 is 16.4 Å². The molecule has 27 heavy (non-hydrogen) atoms. The van der Waals surface area contributed by atoms with Crippen molar-refractivity contribution in [3.8, 4) is 5.69 Å². The van der Waals surface area contributed by atoms with Crippen LogP contribution in [0.25, 0.3) is 16.6 Å². The predicted octanol–water partition coefficient (Wildman–Crippen LogP) is 1.56. The van der Waals surface area contributed by atoms with Gasteiger partial charge in [-0.15, -0.1) is 0 Å². The van der Waals surface area contributed by atoms with E-state index in [1.165, 1.54) is 15.4 Å². The van der Waals surface area contributed by atoms with Crippen LogP contribution in [0.4, 0.5) is 11.6 Å². The van der Waals surface area contributed by atoms with Crippen molar-refractivity contribution < 1.29 is 0 Å². The van der Waals surface area contributed by atoms with Crippen LogP contribution >= 0.6 is 0 Å². The van der Waals surface area contributed by atoms with Gasteiger partial charge in [0.25, 0.3) is 11.1 Å². The fraction of sp³-hybridized carbons (Fsp3) is 0.167. The molecule has 0 aliphatic carbocycles. The zero-order valence-electron chi connectivity index (χ0n) is 15.0. The molecule has 0 fully saturated rings. The molecule has 9 nitrogen and oxygen atoms in total. The third kappa shape index (κ3) is 2.99. The highest BCUT2D eigenvalue weighted by molar-refractivity contribution is 5.82. The number of nitrogens with one attached hydrogen (secondary N) is 2. The molecule has 0 spiro atoms. The molecule has 136 valence electrons. The van der Waals surface area contributed by atoms with Crippen LogP contribution in [0.5, 0.6) is 0 Å². The van der Waals surface area contributed by atoms with Crippen LogP contribution in [0, 0.1) is 13.8 Å². The molecule has 0 bridgehead atoms. The van der Waals surface area contributed by atoms with Gasteiger partial charge >= 0.3 is 0 Å². The number of rotatable bonds is 3. The summed E-state index contributed by atoms with van der Waals surface area (Å²) >= 11 is 0. The standard InChI is InChI=1S/C18H17N7O2/c1-10-7-16(21-11(2)20-10)22-15-8-14-12(9-19-15)17(26)23-25(14)13-5-4-6-24(3)18(13)27/h4-9H,1-3H3,(H,23,26)(H,19,20,21,22). The minimum atomic E-state index is -0.316. The topological polar surface area (TPSA) is 110 Å². The second-order valence-electron chi connectivity index (χ2n) is 6.24. The van der Waals surface area contributed by atoms with Gasteiger partial charge in [-0.3, -0.25) is 14.7 Å². The van der Waals surface area contributed by atoms with E-state index in [9.17, 15) is 9.59 Å². The van der Waals surface area contributed by atoms with E-state index in [0.717, 1.165) is 5.69 Å². The van der Waals surface area contributed by atoms with E-state index >= 15 is 0 Å². The van der Waals surface area contributed by atoms with Crippen molar-refractivity contribution in [2.45, 2.75) is 13.8 Å². The van der Waals surface area contributed by atoms with Gasteiger partial charge in [0.15, 0.2) is 0 Å². The van der Waals surface area contributed by atoms with Crippen LogP contribution in [0.1, 0.15) is 11.5 Å². The summed E-state index contributed by atoms with van der Waals surface area (Å²) in [5.74, 6) is 1.75. The highest BCUT2D eigenvalue weighted by Gasteiger charge is 2.13. The summed E-state index contributed by atoms with van der Waals surface area (Å²) in [6.45, 7) is 3.69. The van der Waals surface area contributed by atoms with Crippen LogP contribution in [-0.2, 0) is 7.05 Å². The van der Waals surface area contributed by atoms with Crippen molar-refractivity contribution in [1.29, 1.82) is 0 Å². The van der Waals surface area contributed by atoms with E-state index in [0.29, 0.717) is 34.1 Å². The largest absolute Gasteiger partial charge is 0.325 e. The molecule has 0 unspecified atom stereocenters. The summed E-state index contributed by atoms with van der Waals surface area (Å²) in [5, 5.41) is 6.21. The van der Waals surface area contributed by atoms with Crippen LogP contribution in [0.3, 0.4) is 0 Å². The van der Waals surface area contributed by atoms with E-state index in [-0.39, 0.29) is 11.1 Å². The van der Waals surface area contributed by atoms with Crippen molar-refractivity contribution in [2.24, 2.45) is 7.05 Å². The van der Waals surface area contributed by atoms with Gasteiger partial charge in [-0.05, 0) is 26.0 Å². The normalized spacial score (nSPS) is 11.1. The Kier molecular flexibility index (Phi) is 3.84. The molecule has 0 aromatic carbocycles. The number of H-pyrrole nitrogens is 1. The highest BCUT2D eigenvalue weighted by atomic mass is 16.1. The Hall–Kier alpha value is -3.75. The number of aromatic amines is 1. The Morgan fingerprint density at radius 3 is 2.70 bits per heavy atom. The van der Waals surface area contributed by atoms with Gasteiger partial charge in [0, 0.05) is 37.3 Å². The van der Waals surface area contributed by atoms with Gasteiger partial charge < -0.3 is 9.88 Å². The molecular formula is C18H17N7O2. The third-order valence-corrected chi connectivity index (χ3v) is 4.15. The zero-order valence-corrected chi connectivity index (χ0v) is 15.0. The maximum Gasteiger partial charge on any atom is 0.276 e. The molecule has 0 aliphatic rings. The Balaban J connectivity index is 1.85. The molecule has 2 N–H and O–H groups in total. The van der Waals surface area contributed by atoms with Crippen molar-refractivity contribution in [3.63, 3.8) is 0 Å². The lowest BCUT2D eigenvalue weighted by molar-refractivity contribution is 0.806. The second-order valence-corrected chi connectivity index (χ2v) is 6.24. The smallest absolute Gasteiger partial charge is 0.276 e. The maximum atomic E-state index is 12.4. The minimum absolute atomic E-state index is 0.223. The Labute approximate surface area is 153 Å². The molecule has 0 saturated heterocycles. The molecule has 9 heteroatoms. The SMILES string of the molecule is Cc1cc(Nc2cc3c(cn2)c(=O)[nH]n3-c2cccn(C)c2=O)nc(C)n1. The number of pyridine rings is 2. The van der Waals surface area contributed by atoms with Crippen molar-refractivity contribution in [2.75, 3.05) is 5.32 Å². The van der Waals surface area contributed by atoms with Crippen LogP contribution in [-0.4, -0.2) is 29.3 Å². The first-order chi connectivity index (χ1) is 12.9. The first-order valence-corrected chi connectivity index (χ1v) is 8.28. The summed E-state index contributed by atoms with van der Waals surface area (Å²) in [4.78, 5) is 37.6. The minimum Gasteiger partial charge on any atom is -0.325 e. The zero-order chi connectivity index (χ0) is 19.1. The number of anilines is 2. The van der Waals surface area contributed by atoms with Crippen LogP contribution in [0.15, 0.2) is 46.2 Å². The van der Waals surface area contributed by atoms with Gasteiger partial charge in [-0.1, -0.05) is 0 Å². The van der Waals surface area contributed by atoms with E-state index in [1.807, 2.05) is 13.8 Å². The molecule has 4 aromatic heterocycles. The quantitative estimate of drug-likeness (QED) is 0.571. The third-order valence-electron chi connectivity index (χ3n) is 4.15. The molecule has 0 amide bonds. The van der Waals surface area contributed by atoms with E-state index in [4.69, 9.17) is 0 Å². The number of hydrogen-bond acceptors (Lipinski definition) is 6. The van der Waals surface area contributed by atoms with Crippen molar-refractivity contribution in [3.05, 3.63) is 68.9 Å². The lowest BCUT2D eigenvalue weighted by atomic mass is 10.3. The van der Waals surface area contributed by atoms with Crippen molar-refractivity contribution >= 4 is 22.5 Å². The fourth-order valence-electron chi connectivity index (χ4n) is 2.95. The first kappa shape index (κ1) is 16.7. The molecule has 4 rings (SSSR count). The number of nitrogens with zero attached hydrogens (tertiary/aromatic N) is 5. The summed E-state index contributed by atoms with van der Waals surface area (Å²) < 4.78 is 2.93. The van der Waals surface area contributed by atoms with E-state index in [1.54, 1.807) is 37.5 Å². The summed E-state index contributed by atoms with van der Waals surface area (Å²) in [7, 11) is 1.66. The number of fused-ring (bicyclic) bond motifs is 1. The average molecular weight is 363 g/mol. The summed E-state index contributed by atoms with van der Waals surface area (Å²) in [6.07, 6.45) is 3.13. The number of hydrogen-bond donors (Lipinski definition) is 2. The second kappa shape index (κ2) is 6.20. The lowest BCUT2D eigenvalue weighted by Gasteiger charge is -2.08. The molecule has 0 aliphatic heterocycles. The predicted molar refractivity (Wildman–Crippen MR) is 102 cm³/mol. The van der Waals surface area contributed by atoms with Gasteiger partial charge in [-0.25, -0.2) is 19.6 Å². The Bertz CT molecular complexity index is 1260. The molecule has 0 radical (unpaired) electrons. The maximum absolute atomic E-state index is 12.4. The van der Waals surface area contributed by atoms with Gasteiger partial charge in [0.05, 0.1) is 10.9 Å². The van der Waals surface area contributed by atoms with E-state index < -0.39 is 0 Å². The van der Waals surface area contributed by atoms with Gasteiger partial charge in [-0.2, -0.15) is 0 Å². The van der Waals surface area contributed by atoms with Crippen LogP contribution in [0.2, 0.25) is 0 Å². The fourth-order valence-corrected chi connectivity index (χ4v) is 2.95. The average Bonchev–Trinajstić information content (AvgIpc) is 2.92. The highest BCUT2D eigenvalue weighted by Crippen LogP contribution is 2.19. The first-order valence-electron chi connectivity index (χ1n) is 8.28. The van der Waals surface area contributed by atoms with E-state index in [2.05, 4.69) is 25.4 Å². The number of aromatic nitrogens is 6. The monoisotopic (exact) mass is 363 g/mol.